The molecule has 3 rings (SSSR count). The molecule has 1 fully saturated rings. The Morgan fingerprint density at radius 1 is 1.28 bits per heavy atom. The molecular formula is C23H35IN4O3S. The van der Waals surface area contributed by atoms with E-state index >= 15 is 0 Å². The van der Waals surface area contributed by atoms with Crippen LogP contribution in [0.15, 0.2) is 50.9 Å². The maximum atomic E-state index is 11.8. The third-order valence-corrected chi connectivity index (χ3v) is 6.97. The number of nitrogens with one attached hydrogen (secondary N) is 2. The molecule has 1 aliphatic heterocycles. The molecule has 0 radical (unpaired) electrons. The lowest BCUT2D eigenvalue weighted by molar-refractivity contribution is 0.267. The van der Waals surface area contributed by atoms with Crippen LogP contribution in [-0.2, 0) is 22.8 Å². The van der Waals surface area contributed by atoms with Gasteiger partial charge in [0.2, 0.25) is 0 Å². The van der Waals surface area contributed by atoms with Crippen molar-refractivity contribution in [2.75, 3.05) is 32.4 Å². The van der Waals surface area contributed by atoms with Crippen molar-refractivity contribution in [1.29, 1.82) is 0 Å². The Morgan fingerprint density at radius 2 is 2.09 bits per heavy atom. The Hall–Kier alpha value is -1.59. The zero-order valence-electron chi connectivity index (χ0n) is 19.1. The first-order valence-corrected chi connectivity index (χ1v) is 12.8. The fourth-order valence-electron chi connectivity index (χ4n) is 4.09. The number of nitrogens with zero attached hydrogens (tertiary/aromatic N) is 2. The fourth-order valence-corrected chi connectivity index (χ4v) is 5.05. The van der Waals surface area contributed by atoms with E-state index in [2.05, 4.69) is 22.5 Å². The molecule has 0 bridgehead atoms. The number of likely N-dealkylation sites (tertiary alicyclic amines) is 1. The Labute approximate surface area is 209 Å². The number of halogens is 1. The number of guanidine groups is 1. The molecular weight excluding hydrogens is 539 g/mol. The summed E-state index contributed by atoms with van der Waals surface area (Å²) in [5.41, 5.74) is 1.73. The molecule has 0 saturated carbocycles. The first-order chi connectivity index (χ1) is 14.9. The minimum absolute atomic E-state index is 0. The summed E-state index contributed by atoms with van der Waals surface area (Å²) in [6, 6.07) is 9.79. The van der Waals surface area contributed by atoms with E-state index in [-0.39, 0.29) is 24.0 Å². The van der Waals surface area contributed by atoms with Crippen LogP contribution >= 0.6 is 24.0 Å². The van der Waals surface area contributed by atoms with Crippen molar-refractivity contribution in [3.05, 3.63) is 53.5 Å². The molecule has 32 heavy (non-hydrogen) atoms. The van der Waals surface area contributed by atoms with Gasteiger partial charge in [0.25, 0.3) is 0 Å². The number of aryl methyl sites for hydroxylation is 1. The van der Waals surface area contributed by atoms with Gasteiger partial charge < -0.3 is 15.1 Å². The van der Waals surface area contributed by atoms with E-state index in [0.717, 1.165) is 48.9 Å². The van der Waals surface area contributed by atoms with Gasteiger partial charge in [-0.15, -0.1) is 24.0 Å². The van der Waals surface area contributed by atoms with Crippen molar-refractivity contribution < 1.29 is 12.8 Å². The van der Waals surface area contributed by atoms with Crippen LogP contribution in [0.3, 0.4) is 0 Å². The number of aliphatic imine (C=N–C) groups is 1. The van der Waals surface area contributed by atoms with Gasteiger partial charge in [-0.3, -0.25) is 4.90 Å². The summed E-state index contributed by atoms with van der Waals surface area (Å²) in [5, 5.41) is 6.90. The molecule has 0 spiro atoms. The molecule has 2 heterocycles. The van der Waals surface area contributed by atoms with Crippen LogP contribution in [-0.4, -0.2) is 57.8 Å². The lowest BCUT2D eigenvalue weighted by atomic mass is 10.1. The van der Waals surface area contributed by atoms with Crippen molar-refractivity contribution in [3.63, 3.8) is 0 Å². The van der Waals surface area contributed by atoms with Crippen molar-refractivity contribution in [3.8, 4) is 0 Å². The molecule has 1 saturated heterocycles. The largest absolute Gasteiger partial charge is 0.469 e. The number of sulfone groups is 1. The van der Waals surface area contributed by atoms with Crippen molar-refractivity contribution in [1.82, 2.24) is 15.5 Å². The van der Waals surface area contributed by atoms with Gasteiger partial charge in [-0.2, -0.15) is 0 Å². The van der Waals surface area contributed by atoms with Gasteiger partial charge >= 0.3 is 0 Å². The number of benzene rings is 1. The number of furan rings is 1. The standard InChI is InChI=1S/C23H34N4O3S.HI/c1-4-27-13-5-7-20(27)17-26-23(24-12-11-21-8-6-14-30-21)25-16-19-9-10-22(18(2)15-19)31(3,28)29;/h6,8-10,14-15,20H,4-5,7,11-13,16-17H2,1-3H3,(H2,24,25,26);1H. The van der Waals surface area contributed by atoms with Crippen molar-refractivity contribution in [2.45, 2.75) is 50.6 Å². The molecule has 2 aromatic rings. The van der Waals surface area contributed by atoms with Crippen LogP contribution in [0.1, 0.15) is 36.7 Å². The minimum Gasteiger partial charge on any atom is -0.469 e. The summed E-state index contributed by atoms with van der Waals surface area (Å²) in [6.45, 7) is 8.30. The van der Waals surface area contributed by atoms with Crippen molar-refractivity contribution in [2.24, 2.45) is 4.99 Å². The summed E-state index contributed by atoms with van der Waals surface area (Å²) in [6.07, 6.45) is 6.14. The Morgan fingerprint density at radius 3 is 2.75 bits per heavy atom. The Bertz CT molecular complexity index is 977. The highest BCUT2D eigenvalue weighted by molar-refractivity contribution is 14.0. The lowest BCUT2D eigenvalue weighted by Crippen LogP contribution is -2.45. The first kappa shape index (κ1) is 26.7. The smallest absolute Gasteiger partial charge is 0.191 e. The summed E-state index contributed by atoms with van der Waals surface area (Å²) in [4.78, 5) is 7.63. The fraction of sp³-hybridized carbons (Fsp3) is 0.522. The third-order valence-electron chi connectivity index (χ3n) is 5.71. The maximum absolute atomic E-state index is 11.8. The van der Waals surface area contributed by atoms with E-state index in [1.165, 1.54) is 19.1 Å². The molecule has 1 aromatic heterocycles. The lowest BCUT2D eigenvalue weighted by Gasteiger charge is -2.24. The van der Waals surface area contributed by atoms with E-state index in [9.17, 15) is 8.42 Å². The molecule has 7 nitrogen and oxygen atoms in total. The Balaban J connectivity index is 0.00000363. The van der Waals surface area contributed by atoms with Crippen LogP contribution in [0.4, 0.5) is 0 Å². The number of likely N-dealkylation sites (N-methyl/N-ethyl adjacent to an activating group) is 1. The predicted molar refractivity (Wildman–Crippen MR) is 140 cm³/mol. The van der Waals surface area contributed by atoms with E-state index < -0.39 is 9.84 Å². The second-order valence-corrected chi connectivity index (χ2v) is 10.1. The van der Waals surface area contributed by atoms with Crippen LogP contribution in [0, 0.1) is 6.92 Å². The summed E-state index contributed by atoms with van der Waals surface area (Å²) < 4.78 is 29.1. The monoisotopic (exact) mass is 574 g/mol. The van der Waals surface area contributed by atoms with Crippen molar-refractivity contribution >= 4 is 39.8 Å². The first-order valence-electron chi connectivity index (χ1n) is 10.9. The SMILES string of the molecule is CCN1CCCC1CNC(=NCc1ccc(S(C)(=O)=O)c(C)c1)NCCc1ccco1.I. The van der Waals surface area contributed by atoms with Gasteiger partial charge in [-0.25, -0.2) is 13.4 Å². The maximum Gasteiger partial charge on any atom is 0.191 e. The highest BCUT2D eigenvalue weighted by Crippen LogP contribution is 2.17. The number of hydrogen-bond donors (Lipinski definition) is 2. The van der Waals surface area contributed by atoms with Crippen LogP contribution < -0.4 is 10.6 Å². The molecule has 9 heteroatoms. The second kappa shape index (κ2) is 12.6. The molecule has 0 aliphatic carbocycles. The van der Waals surface area contributed by atoms with Crippen LogP contribution in [0.5, 0.6) is 0 Å². The third kappa shape index (κ3) is 7.77. The molecule has 1 aromatic carbocycles. The average molecular weight is 575 g/mol. The van der Waals surface area contributed by atoms with Gasteiger partial charge in [0.05, 0.1) is 17.7 Å². The summed E-state index contributed by atoms with van der Waals surface area (Å²) in [7, 11) is -3.22. The highest BCUT2D eigenvalue weighted by atomic mass is 127. The van der Waals surface area contributed by atoms with E-state index in [0.29, 0.717) is 24.0 Å². The molecule has 1 unspecified atom stereocenters. The molecule has 1 aliphatic rings. The van der Waals surface area contributed by atoms with Gasteiger partial charge in [0.1, 0.15) is 5.76 Å². The van der Waals surface area contributed by atoms with E-state index in [1.807, 2.05) is 31.2 Å². The average Bonchev–Trinajstić information content (AvgIpc) is 3.40. The zero-order valence-corrected chi connectivity index (χ0v) is 22.3. The van der Waals surface area contributed by atoms with Gasteiger partial charge in [0, 0.05) is 31.8 Å². The van der Waals surface area contributed by atoms with E-state index in [4.69, 9.17) is 9.41 Å². The molecule has 178 valence electrons. The Kier molecular flexibility index (Phi) is 10.5. The summed E-state index contributed by atoms with van der Waals surface area (Å²) in [5.74, 6) is 1.70. The normalized spacial score (nSPS) is 17.2. The number of rotatable bonds is 9. The number of hydrogen-bond acceptors (Lipinski definition) is 5. The minimum atomic E-state index is -3.22. The topological polar surface area (TPSA) is 86.9 Å². The van der Waals surface area contributed by atoms with Crippen LogP contribution in [0.2, 0.25) is 0 Å². The quantitative estimate of drug-likeness (QED) is 0.272. The van der Waals surface area contributed by atoms with E-state index in [1.54, 1.807) is 12.3 Å². The van der Waals surface area contributed by atoms with Gasteiger partial charge in [-0.1, -0.05) is 19.1 Å². The second-order valence-electron chi connectivity index (χ2n) is 8.10. The summed E-state index contributed by atoms with van der Waals surface area (Å²) >= 11 is 0. The van der Waals surface area contributed by atoms with Gasteiger partial charge in [0.15, 0.2) is 15.8 Å². The van der Waals surface area contributed by atoms with Gasteiger partial charge in [-0.05, 0) is 62.2 Å². The molecule has 2 N–H and O–H groups in total. The molecule has 0 amide bonds. The van der Waals surface area contributed by atoms with Crippen LogP contribution in [0.25, 0.3) is 0 Å². The predicted octanol–water partition coefficient (Wildman–Crippen LogP) is 3.37. The molecule has 1 atom stereocenters. The zero-order chi connectivity index (χ0) is 22.3. The highest BCUT2D eigenvalue weighted by Gasteiger charge is 2.22.